The van der Waals surface area contributed by atoms with Gasteiger partial charge >= 0.3 is 0 Å². The van der Waals surface area contributed by atoms with Crippen LogP contribution in [0.4, 0.5) is 0 Å². The molecule has 0 saturated carbocycles. The topological polar surface area (TPSA) is 56.8 Å². The second-order valence-corrected chi connectivity index (χ2v) is 5.41. The Balaban J connectivity index is 1.92. The van der Waals surface area contributed by atoms with Crippen LogP contribution in [0.3, 0.4) is 0 Å². The first-order valence-corrected chi connectivity index (χ1v) is 8.17. The lowest BCUT2D eigenvalue weighted by atomic mass is 10.2. The molecule has 2 aromatic rings. The lowest BCUT2D eigenvalue weighted by Crippen LogP contribution is -2.20. The maximum atomic E-state index is 12.0. The van der Waals surface area contributed by atoms with Crippen molar-refractivity contribution in [3.05, 3.63) is 72.3 Å². The molecule has 0 unspecified atom stereocenters. The van der Waals surface area contributed by atoms with Gasteiger partial charge in [0, 0.05) is 12.6 Å². The Bertz CT molecular complexity index is 766. The van der Waals surface area contributed by atoms with E-state index in [0.717, 1.165) is 16.9 Å². The highest BCUT2D eigenvalue weighted by atomic mass is 16.5. The Morgan fingerprint density at radius 2 is 1.85 bits per heavy atom. The third-order valence-corrected chi connectivity index (χ3v) is 3.60. The summed E-state index contributed by atoms with van der Waals surface area (Å²) in [6, 6.07) is 13.0. The molecule has 136 valence electrons. The van der Waals surface area contributed by atoms with Crippen molar-refractivity contribution in [2.24, 2.45) is 0 Å². The van der Waals surface area contributed by atoms with Gasteiger partial charge in [-0.25, -0.2) is 0 Å². The number of carbonyl (C=O) groups excluding carboxylic acids is 1. The SMILES string of the molecule is C=CCOc1ccc(/C=C/C(=O)NCc2ccc(OC)cc2)cc1OC. The number of amides is 1. The fourth-order valence-corrected chi connectivity index (χ4v) is 2.22. The normalized spacial score (nSPS) is 10.4. The molecule has 2 rings (SSSR count). The minimum absolute atomic E-state index is 0.174. The van der Waals surface area contributed by atoms with Crippen molar-refractivity contribution in [3.63, 3.8) is 0 Å². The molecule has 1 amide bonds. The van der Waals surface area contributed by atoms with Crippen LogP contribution in [0.2, 0.25) is 0 Å². The molecule has 0 heterocycles. The van der Waals surface area contributed by atoms with Gasteiger partial charge in [-0.15, -0.1) is 0 Å². The minimum atomic E-state index is -0.174. The number of methoxy groups -OCH3 is 2. The van der Waals surface area contributed by atoms with Crippen LogP contribution in [0.25, 0.3) is 6.08 Å². The van der Waals surface area contributed by atoms with Crippen molar-refractivity contribution in [2.45, 2.75) is 6.54 Å². The van der Waals surface area contributed by atoms with Crippen LogP contribution in [0, 0.1) is 0 Å². The predicted molar refractivity (Wildman–Crippen MR) is 103 cm³/mol. The maximum Gasteiger partial charge on any atom is 0.244 e. The van der Waals surface area contributed by atoms with Crippen LogP contribution in [0.5, 0.6) is 17.2 Å². The van der Waals surface area contributed by atoms with Crippen molar-refractivity contribution in [1.82, 2.24) is 5.32 Å². The lowest BCUT2D eigenvalue weighted by molar-refractivity contribution is -0.116. The Hall–Kier alpha value is -3.21. The predicted octanol–water partition coefficient (Wildman–Crippen LogP) is 3.60. The van der Waals surface area contributed by atoms with Gasteiger partial charge in [-0.1, -0.05) is 30.9 Å². The van der Waals surface area contributed by atoms with Gasteiger partial charge < -0.3 is 19.5 Å². The van der Waals surface area contributed by atoms with Gasteiger partial charge in [0.2, 0.25) is 5.91 Å². The van der Waals surface area contributed by atoms with E-state index in [1.54, 1.807) is 32.4 Å². The number of ether oxygens (including phenoxy) is 3. The summed E-state index contributed by atoms with van der Waals surface area (Å²) in [5.74, 6) is 1.85. The third-order valence-electron chi connectivity index (χ3n) is 3.60. The van der Waals surface area contributed by atoms with E-state index in [2.05, 4.69) is 11.9 Å². The molecule has 0 saturated heterocycles. The average molecular weight is 353 g/mol. The summed E-state index contributed by atoms with van der Waals surface area (Å²) < 4.78 is 15.9. The summed E-state index contributed by atoms with van der Waals surface area (Å²) in [7, 11) is 3.19. The van der Waals surface area contributed by atoms with E-state index < -0.39 is 0 Å². The molecule has 1 N–H and O–H groups in total. The van der Waals surface area contributed by atoms with Crippen LogP contribution in [-0.2, 0) is 11.3 Å². The molecule has 2 aromatic carbocycles. The molecule has 5 heteroatoms. The zero-order valence-electron chi connectivity index (χ0n) is 15.0. The molecule has 0 radical (unpaired) electrons. The van der Waals surface area contributed by atoms with E-state index in [4.69, 9.17) is 14.2 Å². The number of carbonyl (C=O) groups is 1. The van der Waals surface area contributed by atoms with Crippen LogP contribution in [0.15, 0.2) is 61.2 Å². The number of nitrogens with one attached hydrogen (secondary N) is 1. The highest BCUT2D eigenvalue weighted by molar-refractivity contribution is 5.91. The first-order valence-electron chi connectivity index (χ1n) is 8.17. The molecule has 0 atom stereocenters. The number of hydrogen-bond acceptors (Lipinski definition) is 4. The largest absolute Gasteiger partial charge is 0.497 e. The second kappa shape index (κ2) is 9.93. The quantitative estimate of drug-likeness (QED) is 0.553. The zero-order chi connectivity index (χ0) is 18.8. The van der Waals surface area contributed by atoms with Crippen LogP contribution in [0.1, 0.15) is 11.1 Å². The molecular weight excluding hydrogens is 330 g/mol. The summed E-state index contributed by atoms with van der Waals surface area (Å²) in [6.07, 6.45) is 4.88. The van der Waals surface area contributed by atoms with Crippen molar-refractivity contribution in [1.29, 1.82) is 0 Å². The Kier molecular flexibility index (Phi) is 7.31. The van der Waals surface area contributed by atoms with E-state index in [9.17, 15) is 4.79 Å². The highest BCUT2D eigenvalue weighted by Gasteiger charge is 2.04. The molecule has 5 nitrogen and oxygen atoms in total. The first-order chi connectivity index (χ1) is 12.7. The highest BCUT2D eigenvalue weighted by Crippen LogP contribution is 2.28. The van der Waals surface area contributed by atoms with Gasteiger partial charge in [0.05, 0.1) is 14.2 Å². The van der Waals surface area contributed by atoms with Gasteiger partial charge in [-0.3, -0.25) is 4.79 Å². The maximum absolute atomic E-state index is 12.0. The molecule has 0 spiro atoms. The first kappa shape index (κ1) is 19.1. The van der Waals surface area contributed by atoms with E-state index >= 15 is 0 Å². The summed E-state index contributed by atoms with van der Waals surface area (Å²) in [5.41, 5.74) is 1.84. The molecule has 0 aliphatic carbocycles. The Morgan fingerprint density at radius 3 is 2.50 bits per heavy atom. The third kappa shape index (κ3) is 5.70. The summed E-state index contributed by atoms with van der Waals surface area (Å²) in [4.78, 5) is 12.0. The summed E-state index contributed by atoms with van der Waals surface area (Å²) >= 11 is 0. The van der Waals surface area contributed by atoms with E-state index in [0.29, 0.717) is 24.7 Å². The number of benzene rings is 2. The average Bonchev–Trinajstić information content (AvgIpc) is 2.69. The van der Waals surface area contributed by atoms with Crippen molar-refractivity contribution < 1.29 is 19.0 Å². The van der Waals surface area contributed by atoms with Gasteiger partial charge in [0.1, 0.15) is 12.4 Å². The van der Waals surface area contributed by atoms with E-state index in [1.165, 1.54) is 6.08 Å². The van der Waals surface area contributed by atoms with Crippen LogP contribution in [-0.4, -0.2) is 26.7 Å². The van der Waals surface area contributed by atoms with Gasteiger partial charge in [-0.2, -0.15) is 0 Å². The van der Waals surface area contributed by atoms with Gasteiger partial charge in [0.15, 0.2) is 11.5 Å². The molecule has 0 fully saturated rings. The summed E-state index contributed by atoms with van der Waals surface area (Å²) in [6.45, 7) is 4.47. The van der Waals surface area contributed by atoms with E-state index in [-0.39, 0.29) is 5.91 Å². The van der Waals surface area contributed by atoms with Gasteiger partial charge in [-0.05, 0) is 41.5 Å². The number of rotatable bonds is 9. The van der Waals surface area contributed by atoms with Crippen molar-refractivity contribution in [2.75, 3.05) is 20.8 Å². The minimum Gasteiger partial charge on any atom is -0.497 e. The fraction of sp³-hybridized carbons (Fsp3) is 0.190. The molecule has 0 aromatic heterocycles. The molecular formula is C21H23NO4. The smallest absolute Gasteiger partial charge is 0.244 e. The number of hydrogen-bond donors (Lipinski definition) is 1. The van der Waals surface area contributed by atoms with Crippen LogP contribution >= 0.6 is 0 Å². The molecule has 0 aliphatic rings. The van der Waals surface area contributed by atoms with Crippen LogP contribution < -0.4 is 19.5 Å². The van der Waals surface area contributed by atoms with E-state index in [1.807, 2.05) is 36.4 Å². The van der Waals surface area contributed by atoms with Crippen molar-refractivity contribution >= 4 is 12.0 Å². The molecule has 26 heavy (non-hydrogen) atoms. The monoisotopic (exact) mass is 353 g/mol. The fourth-order valence-electron chi connectivity index (χ4n) is 2.22. The molecule has 0 aliphatic heterocycles. The molecule has 0 bridgehead atoms. The lowest BCUT2D eigenvalue weighted by Gasteiger charge is -2.09. The summed E-state index contributed by atoms with van der Waals surface area (Å²) in [5, 5.41) is 2.84. The Morgan fingerprint density at radius 1 is 1.08 bits per heavy atom. The Labute approximate surface area is 153 Å². The zero-order valence-corrected chi connectivity index (χ0v) is 15.0. The second-order valence-electron chi connectivity index (χ2n) is 5.41. The van der Waals surface area contributed by atoms with Gasteiger partial charge in [0.25, 0.3) is 0 Å². The standard InChI is InChI=1S/C21H23NO4/c1-4-13-26-19-11-7-16(14-20(19)25-3)8-12-21(23)22-15-17-5-9-18(24-2)10-6-17/h4-12,14H,1,13,15H2,2-3H3,(H,22,23)/b12-8+. The van der Waals surface area contributed by atoms with Crippen molar-refractivity contribution in [3.8, 4) is 17.2 Å².